The number of allylic oxidation sites excluding steroid dienone is 6. The van der Waals surface area contributed by atoms with Crippen molar-refractivity contribution < 1.29 is 25.2 Å². The van der Waals surface area contributed by atoms with Crippen molar-refractivity contribution >= 4 is 5.91 Å². The molecular formula is C62H119NO5. The van der Waals surface area contributed by atoms with E-state index in [4.69, 9.17) is 0 Å². The van der Waals surface area contributed by atoms with Gasteiger partial charge in [-0.25, -0.2) is 0 Å². The Labute approximate surface area is 424 Å². The summed E-state index contributed by atoms with van der Waals surface area (Å²) in [6.45, 7) is 4.08. The minimum atomic E-state index is -1.29. The summed E-state index contributed by atoms with van der Waals surface area (Å²) >= 11 is 0. The zero-order valence-corrected chi connectivity index (χ0v) is 45.6. The number of carbonyl (C=O) groups is 1. The van der Waals surface area contributed by atoms with Gasteiger partial charge < -0.3 is 25.7 Å². The quantitative estimate of drug-likeness (QED) is 0.0308. The third kappa shape index (κ3) is 49.5. The number of nitrogens with one attached hydrogen (secondary N) is 1. The minimum absolute atomic E-state index is 0.360. The molecule has 0 heterocycles. The highest BCUT2D eigenvalue weighted by Gasteiger charge is 2.28. The van der Waals surface area contributed by atoms with E-state index in [0.29, 0.717) is 19.3 Å². The van der Waals surface area contributed by atoms with Gasteiger partial charge in [-0.15, -0.1) is 0 Å². The molecule has 0 fully saturated rings. The summed E-state index contributed by atoms with van der Waals surface area (Å²) in [4.78, 5) is 12.6. The molecule has 6 heteroatoms. The highest BCUT2D eigenvalue weighted by Crippen LogP contribution is 2.18. The van der Waals surface area contributed by atoms with Gasteiger partial charge in [0.15, 0.2) is 0 Å². The van der Waals surface area contributed by atoms with E-state index in [1.807, 2.05) is 0 Å². The van der Waals surface area contributed by atoms with Crippen LogP contribution in [0.5, 0.6) is 0 Å². The fourth-order valence-corrected chi connectivity index (χ4v) is 9.54. The van der Waals surface area contributed by atoms with Gasteiger partial charge in [-0.05, 0) is 77.0 Å². The largest absolute Gasteiger partial charge is 0.394 e. The molecule has 0 aromatic carbocycles. The number of carbonyl (C=O) groups excluding carboxylic acids is 1. The standard InChI is InChI=1S/C62H119NO5/c1-3-5-7-9-11-13-15-17-19-21-23-25-27-29-30-32-34-36-38-40-42-44-46-48-50-52-54-56-60(66)62(68)63-58(57-64)61(67)59(65)55-53-51-49-47-45-43-41-39-37-35-33-31-28-26-24-22-20-18-16-14-12-10-8-6-4-2/h29-30,39,41,47,49,58-61,64-67H,3-28,31-38,40,42-46,48,50-57H2,1-2H3,(H,63,68)/b30-29-,41-39+,49-47+. The van der Waals surface area contributed by atoms with E-state index in [0.717, 1.165) is 38.5 Å². The molecule has 0 aliphatic rings. The molecule has 0 aliphatic heterocycles. The topological polar surface area (TPSA) is 110 Å². The maximum absolute atomic E-state index is 12.6. The molecule has 0 radical (unpaired) electrons. The molecule has 6 nitrogen and oxygen atoms in total. The van der Waals surface area contributed by atoms with Crippen LogP contribution in [0.15, 0.2) is 36.5 Å². The Bertz CT molecular complexity index is 1080. The van der Waals surface area contributed by atoms with Crippen LogP contribution in [0.3, 0.4) is 0 Å². The number of hydrogen-bond donors (Lipinski definition) is 5. The van der Waals surface area contributed by atoms with E-state index >= 15 is 0 Å². The Morgan fingerprint density at radius 1 is 0.353 bits per heavy atom. The summed E-state index contributed by atoms with van der Waals surface area (Å²) in [5.41, 5.74) is 0. The van der Waals surface area contributed by atoms with Crippen molar-refractivity contribution in [2.75, 3.05) is 6.61 Å². The Morgan fingerprint density at radius 3 is 0.926 bits per heavy atom. The molecule has 0 saturated heterocycles. The molecule has 0 aliphatic carbocycles. The maximum atomic E-state index is 12.6. The zero-order valence-electron chi connectivity index (χ0n) is 45.6. The van der Waals surface area contributed by atoms with Crippen LogP contribution in [0.1, 0.15) is 322 Å². The van der Waals surface area contributed by atoms with Crippen molar-refractivity contribution in [3.8, 4) is 0 Å². The molecule has 1 amide bonds. The third-order valence-corrected chi connectivity index (χ3v) is 14.3. The van der Waals surface area contributed by atoms with E-state index < -0.39 is 36.9 Å². The predicted octanol–water partition coefficient (Wildman–Crippen LogP) is 18.0. The first kappa shape index (κ1) is 66.5. The molecule has 0 aromatic heterocycles. The summed E-state index contributed by atoms with van der Waals surface area (Å²) in [7, 11) is 0. The first-order valence-electron chi connectivity index (χ1n) is 30.4. The lowest BCUT2D eigenvalue weighted by Crippen LogP contribution is -2.53. The molecule has 0 spiro atoms. The average Bonchev–Trinajstić information content (AvgIpc) is 3.34. The van der Waals surface area contributed by atoms with E-state index in [1.54, 1.807) is 0 Å². The van der Waals surface area contributed by atoms with Gasteiger partial charge in [0, 0.05) is 0 Å². The lowest BCUT2D eigenvalue weighted by molar-refractivity contribution is -0.132. The summed E-state index contributed by atoms with van der Waals surface area (Å²) in [6, 6.07) is -1.01. The molecule has 0 aromatic rings. The van der Waals surface area contributed by atoms with Crippen molar-refractivity contribution in [1.29, 1.82) is 0 Å². The van der Waals surface area contributed by atoms with Gasteiger partial charge in [0.05, 0.1) is 18.8 Å². The average molecular weight is 959 g/mol. The molecule has 5 N–H and O–H groups in total. The van der Waals surface area contributed by atoms with Gasteiger partial charge in [0.1, 0.15) is 12.2 Å². The Morgan fingerprint density at radius 2 is 0.618 bits per heavy atom. The van der Waals surface area contributed by atoms with Crippen LogP contribution in [0.25, 0.3) is 0 Å². The lowest BCUT2D eigenvalue weighted by atomic mass is 10.00. The van der Waals surface area contributed by atoms with Crippen LogP contribution < -0.4 is 5.32 Å². The summed E-state index contributed by atoms with van der Waals surface area (Å²) in [6.07, 6.45) is 70.9. The Kier molecular flexibility index (Phi) is 55.2. The fraction of sp³-hybridized carbons (Fsp3) is 0.887. The molecule has 4 unspecified atom stereocenters. The van der Waals surface area contributed by atoms with Crippen LogP contribution in [-0.2, 0) is 4.79 Å². The normalized spacial score (nSPS) is 13.9. The highest BCUT2D eigenvalue weighted by molar-refractivity contribution is 5.80. The van der Waals surface area contributed by atoms with Crippen molar-refractivity contribution in [1.82, 2.24) is 5.32 Å². The van der Waals surface area contributed by atoms with Gasteiger partial charge in [-0.2, -0.15) is 0 Å². The second kappa shape index (κ2) is 56.4. The summed E-state index contributed by atoms with van der Waals surface area (Å²) < 4.78 is 0. The Hall–Kier alpha value is -1.47. The molecule has 0 bridgehead atoms. The second-order valence-electron chi connectivity index (χ2n) is 21.0. The number of unbranched alkanes of at least 4 members (excludes halogenated alkanes) is 41. The van der Waals surface area contributed by atoms with Crippen molar-refractivity contribution in [2.24, 2.45) is 0 Å². The number of amides is 1. The van der Waals surface area contributed by atoms with Crippen LogP contribution in [0.4, 0.5) is 0 Å². The zero-order chi connectivity index (χ0) is 49.5. The van der Waals surface area contributed by atoms with Crippen molar-refractivity contribution in [3.63, 3.8) is 0 Å². The van der Waals surface area contributed by atoms with Crippen LogP contribution in [0.2, 0.25) is 0 Å². The number of aliphatic hydroxyl groups excluding tert-OH is 4. The molecule has 402 valence electrons. The Balaban J connectivity index is 3.65. The van der Waals surface area contributed by atoms with Crippen LogP contribution >= 0.6 is 0 Å². The van der Waals surface area contributed by atoms with Gasteiger partial charge >= 0.3 is 0 Å². The first-order valence-corrected chi connectivity index (χ1v) is 30.4. The van der Waals surface area contributed by atoms with Gasteiger partial charge in [0.2, 0.25) is 5.91 Å². The van der Waals surface area contributed by atoms with Gasteiger partial charge in [-0.3, -0.25) is 4.79 Å². The van der Waals surface area contributed by atoms with Gasteiger partial charge in [0.25, 0.3) is 0 Å². The van der Waals surface area contributed by atoms with Crippen molar-refractivity contribution in [3.05, 3.63) is 36.5 Å². The molecule has 4 atom stereocenters. The molecule has 0 rings (SSSR count). The van der Waals surface area contributed by atoms with E-state index in [-0.39, 0.29) is 0 Å². The fourth-order valence-electron chi connectivity index (χ4n) is 9.54. The summed E-state index contributed by atoms with van der Waals surface area (Å²) in [5, 5.41) is 44.0. The van der Waals surface area contributed by atoms with Gasteiger partial charge in [-0.1, -0.05) is 281 Å². The smallest absolute Gasteiger partial charge is 0.249 e. The molecular weight excluding hydrogens is 839 g/mol. The SMILES string of the molecule is CCCCCCCCCCCCCC/C=C\CCCCCCCCCCCCCC(O)C(=O)NC(CO)C(O)C(O)CCC/C=C/CC/C=C/CCCCCCCCCCCCCCCCCC. The first-order chi connectivity index (χ1) is 33.5. The van der Waals surface area contributed by atoms with E-state index in [1.165, 1.54) is 250 Å². The maximum Gasteiger partial charge on any atom is 0.249 e. The second-order valence-corrected chi connectivity index (χ2v) is 21.0. The van der Waals surface area contributed by atoms with E-state index in [2.05, 4.69) is 55.6 Å². The minimum Gasteiger partial charge on any atom is -0.394 e. The highest BCUT2D eigenvalue weighted by atomic mass is 16.3. The molecule has 0 saturated carbocycles. The summed E-state index contributed by atoms with van der Waals surface area (Å²) in [5.74, 6) is -0.594. The van der Waals surface area contributed by atoms with Crippen LogP contribution in [-0.4, -0.2) is 57.3 Å². The number of hydrogen-bond acceptors (Lipinski definition) is 5. The van der Waals surface area contributed by atoms with Crippen LogP contribution in [0, 0.1) is 0 Å². The lowest BCUT2D eigenvalue weighted by Gasteiger charge is -2.27. The monoisotopic (exact) mass is 958 g/mol. The number of rotatable bonds is 56. The van der Waals surface area contributed by atoms with Crippen molar-refractivity contribution in [2.45, 2.75) is 346 Å². The third-order valence-electron chi connectivity index (χ3n) is 14.3. The number of aliphatic hydroxyl groups is 4. The predicted molar refractivity (Wildman–Crippen MR) is 297 cm³/mol. The van der Waals surface area contributed by atoms with E-state index in [9.17, 15) is 25.2 Å². The molecule has 68 heavy (non-hydrogen) atoms.